The smallest absolute Gasteiger partial charge is 0.278 e. The van der Waals surface area contributed by atoms with E-state index in [4.69, 9.17) is 4.53 Å². The molecule has 12 heavy (non-hydrogen) atoms. The van der Waals surface area contributed by atoms with Crippen LogP contribution in [0.1, 0.15) is 4.88 Å². The van der Waals surface area contributed by atoms with Crippen LogP contribution >= 0.6 is 11.5 Å². The molecule has 0 aromatic carbocycles. The van der Waals surface area contributed by atoms with Gasteiger partial charge < -0.3 is 4.53 Å². The molecule has 1 heterocycles. The highest BCUT2D eigenvalue weighted by molar-refractivity contribution is 7.07. The van der Waals surface area contributed by atoms with E-state index >= 15 is 0 Å². The minimum atomic E-state index is -1.52. The lowest BCUT2D eigenvalue weighted by atomic mass is 10.6. The van der Waals surface area contributed by atoms with Gasteiger partial charge in [0, 0.05) is 0 Å². The average Bonchev–Trinajstić information content (AvgIpc) is 2.36. The van der Waals surface area contributed by atoms with Gasteiger partial charge in [-0.05, 0) is 31.2 Å². The number of hydrogen-bond donors (Lipinski definition) is 0. The summed E-state index contributed by atoms with van der Waals surface area (Å²) in [5.74, 6) is 0. The van der Waals surface area contributed by atoms with Gasteiger partial charge in [0.2, 0.25) is 0 Å². The molecule has 4 nitrogen and oxygen atoms in total. The normalized spacial score (nSPS) is 12.2. The maximum atomic E-state index is 5.26. The molecule has 0 atom stereocenters. The van der Waals surface area contributed by atoms with Crippen LogP contribution in [0.3, 0.4) is 0 Å². The number of hydrogen-bond acceptors (Lipinski definition) is 5. The summed E-state index contributed by atoms with van der Waals surface area (Å²) in [4.78, 5) is 0.910. The summed E-state index contributed by atoms with van der Waals surface area (Å²) in [6, 6.07) is 0. The van der Waals surface area contributed by atoms with E-state index in [2.05, 4.69) is 34.4 Å². The summed E-state index contributed by atoms with van der Waals surface area (Å²) >= 11 is 1.30. The topological polar surface area (TPSA) is 47.4 Å². The molecule has 0 aliphatic heterocycles. The van der Waals surface area contributed by atoms with Crippen LogP contribution in [0.15, 0.2) is 11.4 Å². The van der Waals surface area contributed by atoms with Gasteiger partial charge in [-0.15, -0.1) is 10.3 Å². The predicted octanol–water partition coefficient (Wildman–Crippen LogP) is 1.72. The largest absolute Gasteiger partial charge is 0.456 e. The Morgan fingerprint density at radius 2 is 2.33 bits per heavy atom. The molecule has 0 bridgehead atoms. The Morgan fingerprint density at radius 3 is 2.83 bits per heavy atom. The maximum absolute atomic E-state index is 5.26. The lowest BCUT2D eigenvalue weighted by molar-refractivity contribution is 0.338. The van der Waals surface area contributed by atoms with E-state index in [1.54, 1.807) is 12.4 Å². The lowest BCUT2D eigenvalue weighted by Crippen LogP contribution is -2.22. The van der Waals surface area contributed by atoms with Crippen LogP contribution < -0.4 is 0 Å². The summed E-state index contributed by atoms with van der Waals surface area (Å²) in [7, 11) is -1.52. The van der Waals surface area contributed by atoms with Crippen molar-refractivity contribution in [2.45, 2.75) is 19.6 Å². The summed E-state index contributed by atoms with van der Waals surface area (Å²) in [6.07, 6.45) is 3.30. The minimum Gasteiger partial charge on any atom is -0.456 e. The number of nitrogens with zero attached hydrogens (tertiary/aromatic N) is 3. The Kier molecular flexibility index (Phi) is 2.93. The molecule has 0 amide bonds. The van der Waals surface area contributed by atoms with Crippen molar-refractivity contribution in [3.63, 3.8) is 0 Å². The molecule has 0 N–H and O–H groups in total. The first-order valence-electron chi connectivity index (χ1n) is 3.57. The monoisotopic (exact) mass is 201 g/mol. The summed E-state index contributed by atoms with van der Waals surface area (Å²) in [6.45, 7) is 6.24. The van der Waals surface area contributed by atoms with E-state index in [1.807, 2.05) is 0 Å². The van der Waals surface area contributed by atoms with Gasteiger partial charge in [0.05, 0.1) is 17.3 Å². The third-order valence-electron chi connectivity index (χ3n) is 0.885. The molecule has 0 aliphatic rings. The van der Waals surface area contributed by atoms with E-state index in [1.165, 1.54) is 11.5 Å². The van der Waals surface area contributed by atoms with Crippen molar-refractivity contribution >= 4 is 26.1 Å². The second-order valence-electron chi connectivity index (χ2n) is 3.26. The zero-order chi connectivity index (χ0) is 9.03. The standard InChI is InChI=1S/C6H11N3OSSi/c1-12(2,3)10-8-5-6-4-7-9-11-6/h4-5H,1-3H3/b8-5+. The molecular formula is C6H11N3OSSi. The second kappa shape index (κ2) is 3.77. The maximum Gasteiger partial charge on any atom is 0.278 e. The molecule has 0 aliphatic carbocycles. The highest BCUT2D eigenvalue weighted by Crippen LogP contribution is 2.03. The Balaban J connectivity index is 2.42. The van der Waals surface area contributed by atoms with Crippen molar-refractivity contribution in [3.8, 4) is 0 Å². The van der Waals surface area contributed by atoms with Crippen molar-refractivity contribution in [1.82, 2.24) is 9.59 Å². The third kappa shape index (κ3) is 3.58. The van der Waals surface area contributed by atoms with Crippen LogP contribution in [-0.2, 0) is 4.53 Å². The molecule has 1 rings (SSSR count). The fourth-order valence-electron chi connectivity index (χ4n) is 0.468. The Bertz CT molecular complexity index is 254. The molecule has 0 saturated heterocycles. The van der Waals surface area contributed by atoms with E-state index in [-0.39, 0.29) is 0 Å². The molecule has 0 radical (unpaired) electrons. The first-order chi connectivity index (χ1) is 5.58. The highest BCUT2D eigenvalue weighted by Gasteiger charge is 2.15. The SMILES string of the molecule is C[Si](C)(C)O/N=C/c1cnns1. The number of oxime groups is 1. The Hall–Kier alpha value is -0.753. The van der Waals surface area contributed by atoms with Crippen LogP contribution in [0.5, 0.6) is 0 Å². The van der Waals surface area contributed by atoms with E-state index in [0.29, 0.717) is 0 Å². The van der Waals surface area contributed by atoms with Gasteiger partial charge in [-0.1, -0.05) is 4.49 Å². The van der Waals surface area contributed by atoms with Crippen LogP contribution in [0.25, 0.3) is 0 Å². The minimum absolute atomic E-state index is 0.910. The van der Waals surface area contributed by atoms with Crippen LogP contribution in [0.4, 0.5) is 0 Å². The van der Waals surface area contributed by atoms with Crippen molar-refractivity contribution in [2.75, 3.05) is 0 Å². The van der Waals surface area contributed by atoms with Crippen molar-refractivity contribution in [1.29, 1.82) is 0 Å². The molecule has 0 spiro atoms. The molecule has 0 unspecified atom stereocenters. The summed E-state index contributed by atoms with van der Waals surface area (Å²) in [5.41, 5.74) is 0. The lowest BCUT2D eigenvalue weighted by Gasteiger charge is -2.11. The quantitative estimate of drug-likeness (QED) is 0.425. The van der Waals surface area contributed by atoms with Crippen molar-refractivity contribution < 1.29 is 4.53 Å². The second-order valence-corrected chi connectivity index (χ2v) is 8.48. The molecule has 66 valence electrons. The van der Waals surface area contributed by atoms with Crippen LogP contribution in [0, 0.1) is 0 Å². The van der Waals surface area contributed by atoms with Crippen molar-refractivity contribution in [2.24, 2.45) is 5.16 Å². The zero-order valence-corrected chi connectivity index (χ0v) is 9.13. The Labute approximate surface area is 76.5 Å². The summed E-state index contributed by atoms with van der Waals surface area (Å²) in [5, 5.41) is 7.52. The van der Waals surface area contributed by atoms with Crippen molar-refractivity contribution in [3.05, 3.63) is 11.1 Å². The fraction of sp³-hybridized carbons (Fsp3) is 0.500. The average molecular weight is 201 g/mol. The Morgan fingerprint density at radius 1 is 1.58 bits per heavy atom. The molecule has 0 saturated carbocycles. The molecular weight excluding hydrogens is 190 g/mol. The highest BCUT2D eigenvalue weighted by atomic mass is 32.1. The third-order valence-corrected chi connectivity index (χ3v) is 2.14. The zero-order valence-electron chi connectivity index (χ0n) is 7.31. The van der Waals surface area contributed by atoms with Crippen LogP contribution in [0.2, 0.25) is 19.6 Å². The molecule has 6 heteroatoms. The van der Waals surface area contributed by atoms with Gasteiger partial charge in [-0.3, -0.25) is 0 Å². The van der Waals surface area contributed by atoms with Gasteiger partial charge in [-0.25, -0.2) is 0 Å². The number of rotatable bonds is 3. The van der Waals surface area contributed by atoms with E-state index < -0.39 is 8.32 Å². The van der Waals surface area contributed by atoms with E-state index in [0.717, 1.165) is 4.88 Å². The number of aromatic nitrogens is 2. The van der Waals surface area contributed by atoms with Crippen LogP contribution in [-0.4, -0.2) is 24.1 Å². The van der Waals surface area contributed by atoms with Gasteiger partial charge in [0.15, 0.2) is 0 Å². The predicted molar refractivity (Wildman–Crippen MR) is 51.9 cm³/mol. The fourth-order valence-corrected chi connectivity index (χ4v) is 1.21. The molecule has 0 fully saturated rings. The first kappa shape index (κ1) is 9.34. The first-order valence-corrected chi connectivity index (χ1v) is 7.75. The van der Waals surface area contributed by atoms with Gasteiger partial charge >= 0.3 is 0 Å². The summed E-state index contributed by atoms with van der Waals surface area (Å²) < 4.78 is 8.96. The molecule has 1 aromatic rings. The van der Waals surface area contributed by atoms with Gasteiger partial charge in [0.25, 0.3) is 8.32 Å². The molecule has 1 aromatic heterocycles. The van der Waals surface area contributed by atoms with E-state index in [9.17, 15) is 0 Å². The van der Waals surface area contributed by atoms with Gasteiger partial charge in [0.1, 0.15) is 0 Å². The van der Waals surface area contributed by atoms with Gasteiger partial charge in [-0.2, -0.15) is 0 Å².